The molecular formula is C18H13N3O3. The first-order valence-corrected chi connectivity index (χ1v) is 7.02. The number of hydrogen-bond acceptors (Lipinski definition) is 5. The molecule has 1 aromatic heterocycles. The van der Waals surface area contributed by atoms with Gasteiger partial charge in [0, 0.05) is 0 Å². The number of aromatic nitrogens is 1. The summed E-state index contributed by atoms with van der Waals surface area (Å²) in [5.41, 5.74) is 1.27. The number of carboxylic acid groups (broad SMARTS) is 1. The van der Waals surface area contributed by atoms with E-state index in [2.05, 4.69) is 4.98 Å². The van der Waals surface area contributed by atoms with Crippen LogP contribution in [0.4, 0.5) is 0 Å². The molecule has 1 N–H and O–H groups in total. The highest BCUT2D eigenvalue weighted by Gasteiger charge is 2.08. The van der Waals surface area contributed by atoms with Gasteiger partial charge in [0.1, 0.15) is 23.6 Å². The van der Waals surface area contributed by atoms with Crippen molar-refractivity contribution >= 4 is 18.1 Å². The first-order valence-electron chi connectivity index (χ1n) is 7.02. The molecule has 0 amide bonds. The standard InChI is InChI=1S/C18H13N3O3/c1-12(10-19)24-15-6-2-13(3-7-15)4-8-16-14(11-20)5-9-17(21-16)18(22)23/h2-9,12H,1H3,(H,22,23). The van der Waals surface area contributed by atoms with Crippen LogP contribution < -0.4 is 4.74 Å². The molecule has 2 rings (SSSR count). The fraction of sp³-hybridized carbons (Fsp3) is 0.111. The molecule has 6 heteroatoms. The lowest BCUT2D eigenvalue weighted by Gasteiger charge is -2.07. The van der Waals surface area contributed by atoms with Crippen molar-refractivity contribution < 1.29 is 14.6 Å². The highest BCUT2D eigenvalue weighted by molar-refractivity contribution is 5.86. The summed E-state index contributed by atoms with van der Waals surface area (Å²) in [6.07, 6.45) is 2.76. The Bertz CT molecular complexity index is 859. The number of benzene rings is 1. The minimum absolute atomic E-state index is 0.122. The van der Waals surface area contributed by atoms with Crippen LogP contribution in [0.15, 0.2) is 36.4 Å². The molecule has 118 valence electrons. The minimum atomic E-state index is -1.15. The zero-order valence-electron chi connectivity index (χ0n) is 12.8. The maximum Gasteiger partial charge on any atom is 0.354 e. The van der Waals surface area contributed by atoms with Crippen LogP contribution in [0.25, 0.3) is 12.2 Å². The number of rotatable bonds is 5. The van der Waals surface area contributed by atoms with Crippen molar-refractivity contribution in [2.75, 3.05) is 0 Å². The average molecular weight is 319 g/mol. The molecule has 0 aliphatic carbocycles. The maximum absolute atomic E-state index is 11.0. The van der Waals surface area contributed by atoms with Crippen LogP contribution in [0.3, 0.4) is 0 Å². The summed E-state index contributed by atoms with van der Waals surface area (Å²) < 4.78 is 5.35. The summed E-state index contributed by atoms with van der Waals surface area (Å²) in [5.74, 6) is -0.577. The van der Waals surface area contributed by atoms with Gasteiger partial charge in [0.05, 0.1) is 11.3 Å². The largest absolute Gasteiger partial charge is 0.477 e. The molecule has 0 spiro atoms. The third kappa shape index (κ3) is 4.19. The van der Waals surface area contributed by atoms with E-state index in [0.717, 1.165) is 5.56 Å². The molecule has 2 aromatic rings. The van der Waals surface area contributed by atoms with E-state index in [0.29, 0.717) is 11.3 Å². The van der Waals surface area contributed by atoms with E-state index in [9.17, 15) is 4.79 Å². The third-order valence-corrected chi connectivity index (χ3v) is 3.07. The molecule has 24 heavy (non-hydrogen) atoms. The van der Waals surface area contributed by atoms with Gasteiger partial charge in [0.2, 0.25) is 0 Å². The highest BCUT2D eigenvalue weighted by Crippen LogP contribution is 2.16. The van der Waals surface area contributed by atoms with Crippen LogP contribution in [0.2, 0.25) is 0 Å². The Balaban J connectivity index is 2.22. The van der Waals surface area contributed by atoms with Gasteiger partial charge < -0.3 is 9.84 Å². The fourth-order valence-electron chi connectivity index (χ4n) is 1.88. The molecule has 0 aliphatic heterocycles. The quantitative estimate of drug-likeness (QED) is 0.907. The van der Waals surface area contributed by atoms with E-state index in [1.807, 2.05) is 12.1 Å². The van der Waals surface area contributed by atoms with Crippen molar-refractivity contribution in [1.29, 1.82) is 10.5 Å². The molecule has 6 nitrogen and oxygen atoms in total. The molecule has 0 radical (unpaired) electrons. The van der Waals surface area contributed by atoms with E-state index in [1.54, 1.807) is 43.3 Å². The second-order valence-corrected chi connectivity index (χ2v) is 4.84. The molecule has 0 aliphatic rings. The van der Waals surface area contributed by atoms with Gasteiger partial charge in [-0.05, 0) is 42.8 Å². The lowest BCUT2D eigenvalue weighted by Crippen LogP contribution is -2.07. The predicted molar refractivity (Wildman–Crippen MR) is 87.0 cm³/mol. The van der Waals surface area contributed by atoms with Gasteiger partial charge in [-0.25, -0.2) is 9.78 Å². The topological polar surface area (TPSA) is 107 Å². The van der Waals surface area contributed by atoms with E-state index < -0.39 is 12.1 Å². The molecule has 0 bridgehead atoms. The Labute approximate surface area is 138 Å². The van der Waals surface area contributed by atoms with Crippen LogP contribution in [0.5, 0.6) is 5.75 Å². The molecular weight excluding hydrogens is 306 g/mol. The Kier molecular flexibility index (Phi) is 5.28. The number of pyridine rings is 1. The summed E-state index contributed by atoms with van der Waals surface area (Å²) in [7, 11) is 0. The number of hydrogen-bond donors (Lipinski definition) is 1. The van der Waals surface area contributed by atoms with Crippen LogP contribution >= 0.6 is 0 Å². The molecule has 0 fully saturated rings. The van der Waals surface area contributed by atoms with Crippen LogP contribution in [0.1, 0.15) is 34.2 Å². The van der Waals surface area contributed by atoms with Crippen LogP contribution in [0, 0.1) is 22.7 Å². The zero-order chi connectivity index (χ0) is 17.5. The maximum atomic E-state index is 11.0. The van der Waals surface area contributed by atoms with Gasteiger partial charge in [-0.15, -0.1) is 0 Å². The van der Waals surface area contributed by atoms with Gasteiger partial charge in [0.25, 0.3) is 0 Å². The Morgan fingerprint density at radius 3 is 2.50 bits per heavy atom. The lowest BCUT2D eigenvalue weighted by molar-refractivity contribution is 0.0690. The number of nitrogens with zero attached hydrogens (tertiary/aromatic N) is 3. The summed E-state index contributed by atoms with van der Waals surface area (Å²) >= 11 is 0. The summed E-state index contributed by atoms with van der Waals surface area (Å²) in [6, 6.07) is 13.7. The van der Waals surface area contributed by atoms with Gasteiger partial charge in [-0.3, -0.25) is 0 Å². The van der Waals surface area contributed by atoms with Gasteiger partial charge in [-0.2, -0.15) is 10.5 Å². The number of aromatic carboxylic acids is 1. The van der Waals surface area contributed by atoms with Crippen molar-refractivity contribution in [2.45, 2.75) is 13.0 Å². The number of carboxylic acids is 1. The van der Waals surface area contributed by atoms with Crippen molar-refractivity contribution in [3.63, 3.8) is 0 Å². The lowest BCUT2D eigenvalue weighted by atomic mass is 10.1. The Hall–Kier alpha value is -3.64. The highest BCUT2D eigenvalue weighted by atomic mass is 16.5. The molecule has 1 unspecified atom stereocenters. The fourth-order valence-corrected chi connectivity index (χ4v) is 1.88. The van der Waals surface area contributed by atoms with E-state index in [1.165, 1.54) is 12.1 Å². The average Bonchev–Trinajstić information content (AvgIpc) is 2.60. The molecule has 0 saturated heterocycles. The second kappa shape index (κ2) is 7.57. The molecule has 1 heterocycles. The Morgan fingerprint density at radius 2 is 1.92 bits per heavy atom. The number of ether oxygens (including phenoxy) is 1. The first-order chi connectivity index (χ1) is 11.5. The van der Waals surface area contributed by atoms with Crippen LogP contribution in [-0.4, -0.2) is 22.2 Å². The monoisotopic (exact) mass is 319 g/mol. The molecule has 0 saturated carbocycles. The number of nitriles is 2. The first kappa shape index (κ1) is 16.7. The minimum Gasteiger partial charge on any atom is -0.477 e. The van der Waals surface area contributed by atoms with E-state index >= 15 is 0 Å². The van der Waals surface area contributed by atoms with Crippen LogP contribution in [-0.2, 0) is 0 Å². The smallest absolute Gasteiger partial charge is 0.354 e. The van der Waals surface area contributed by atoms with Gasteiger partial charge in [0.15, 0.2) is 6.10 Å². The van der Waals surface area contributed by atoms with E-state index in [4.69, 9.17) is 20.4 Å². The van der Waals surface area contributed by atoms with Crippen molar-refractivity contribution in [1.82, 2.24) is 4.98 Å². The molecule has 1 aromatic carbocycles. The van der Waals surface area contributed by atoms with Gasteiger partial charge >= 0.3 is 5.97 Å². The van der Waals surface area contributed by atoms with Crippen molar-refractivity contribution in [3.05, 3.63) is 58.9 Å². The predicted octanol–water partition coefficient (Wildman–Crippen LogP) is 3.11. The van der Waals surface area contributed by atoms with Gasteiger partial charge in [-0.1, -0.05) is 18.2 Å². The van der Waals surface area contributed by atoms with Crippen molar-refractivity contribution in [3.8, 4) is 17.9 Å². The third-order valence-electron chi connectivity index (χ3n) is 3.07. The normalized spacial score (nSPS) is 11.5. The van der Waals surface area contributed by atoms with E-state index in [-0.39, 0.29) is 11.4 Å². The SMILES string of the molecule is CC(C#N)Oc1ccc(C=Cc2nc(C(=O)O)ccc2C#N)cc1. The number of carbonyl (C=O) groups is 1. The second-order valence-electron chi connectivity index (χ2n) is 4.84. The summed E-state index contributed by atoms with van der Waals surface area (Å²) in [6.45, 7) is 1.65. The Morgan fingerprint density at radius 1 is 1.21 bits per heavy atom. The molecule has 1 atom stereocenters. The zero-order valence-corrected chi connectivity index (χ0v) is 12.8. The summed E-state index contributed by atoms with van der Waals surface area (Å²) in [5, 5.41) is 26.8. The van der Waals surface area contributed by atoms with Crippen molar-refractivity contribution in [2.24, 2.45) is 0 Å². The summed E-state index contributed by atoms with van der Waals surface area (Å²) in [4.78, 5) is 14.9.